The Bertz CT molecular complexity index is 276. The zero-order valence-electron chi connectivity index (χ0n) is 9.74. The summed E-state index contributed by atoms with van der Waals surface area (Å²) in [7, 11) is 0. The maximum absolute atomic E-state index is 10.1. The SMILES string of the molecule is C=CC(=O)O.C=CC(=O)O.C=CC(=O)OCCO. The molecule has 0 aromatic rings. The van der Waals surface area contributed by atoms with Gasteiger partial charge in [0.25, 0.3) is 0 Å². The Morgan fingerprint density at radius 3 is 1.44 bits per heavy atom. The number of aliphatic hydroxyl groups is 1. The van der Waals surface area contributed by atoms with Crippen molar-refractivity contribution in [1.29, 1.82) is 0 Å². The molecule has 0 aliphatic rings. The van der Waals surface area contributed by atoms with Gasteiger partial charge in [-0.3, -0.25) is 0 Å². The van der Waals surface area contributed by atoms with Crippen LogP contribution in [0.15, 0.2) is 38.0 Å². The van der Waals surface area contributed by atoms with Gasteiger partial charge in [-0.15, -0.1) is 0 Å². The standard InChI is InChI=1S/C5H8O3.2C3H4O2/c1-2-5(7)8-4-3-6;2*1-2-3(4)5/h2,6H,1,3-4H2;2*2H,1H2,(H,4,5). The van der Waals surface area contributed by atoms with E-state index in [1.54, 1.807) is 0 Å². The van der Waals surface area contributed by atoms with Crippen molar-refractivity contribution in [3.05, 3.63) is 38.0 Å². The third-order valence-electron chi connectivity index (χ3n) is 0.852. The van der Waals surface area contributed by atoms with E-state index in [9.17, 15) is 14.4 Å². The highest BCUT2D eigenvalue weighted by Crippen LogP contribution is 1.75. The average molecular weight is 260 g/mol. The zero-order valence-corrected chi connectivity index (χ0v) is 9.74. The molecule has 0 radical (unpaired) electrons. The van der Waals surface area contributed by atoms with Gasteiger partial charge in [0.05, 0.1) is 6.61 Å². The second-order valence-corrected chi connectivity index (χ2v) is 2.18. The minimum absolute atomic E-state index is 0.0465. The van der Waals surface area contributed by atoms with Crippen molar-refractivity contribution in [2.45, 2.75) is 0 Å². The number of aliphatic hydroxyl groups excluding tert-OH is 1. The van der Waals surface area contributed by atoms with E-state index in [0.717, 1.165) is 18.2 Å². The van der Waals surface area contributed by atoms with Crippen molar-refractivity contribution < 1.29 is 34.4 Å². The highest BCUT2D eigenvalue weighted by atomic mass is 16.5. The van der Waals surface area contributed by atoms with Crippen molar-refractivity contribution in [3.8, 4) is 0 Å². The molecule has 0 spiro atoms. The number of carbonyl (C=O) groups excluding carboxylic acids is 1. The fourth-order valence-electron chi connectivity index (χ4n) is 0.205. The predicted octanol–water partition coefficient (Wildman–Crippen LogP) is 0.222. The third kappa shape index (κ3) is 37.4. The molecule has 0 aromatic heterocycles. The lowest BCUT2D eigenvalue weighted by atomic mass is 10.6. The van der Waals surface area contributed by atoms with Gasteiger partial charge in [-0.2, -0.15) is 0 Å². The van der Waals surface area contributed by atoms with Crippen LogP contribution in [0.3, 0.4) is 0 Å². The molecule has 0 fully saturated rings. The van der Waals surface area contributed by atoms with E-state index in [0.29, 0.717) is 0 Å². The van der Waals surface area contributed by atoms with Crippen LogP contribution in [0.2, 0.25) is 0 Å². The summed E-state index contributed by atoms with van der Waals surface area (Å²) in [6, 6.07) is 0. The molecule has 0 atom stereocenters. The fraction of sp³-hybridized carbons (Fsp3) is 0.182. The summed E-state index contributed by atoms with van der Waals surface area (Å²) in [5.41, 5.74) is 0. The van der Waals surface area contributed by atoms with E-state index in [2.05, 4.69) is 24.5 Å². The first-order valence-electron chi connectivity index (χ1n) is 4.46. The van der Waals surface area contributed by atoms with Gasteiger partial charge in [-0.25, -0.2) is 14.4 Å². The smallest absolute Gasteiger partial charge is 0.330 e. The van der Waals surface area contributed by atoms with E-state index < -0.39 is 17.9 Å². The van der Waals surface area contributed by atoms with Crippen molar-refractivity contribution in [2.24, 2.45) is 0 Å². The van der Waals surface area contributed by atoms with Gasteiger partial charge >= 0.3 is 17.9 Å². The molecule has 3 N–H and O–H groups in total. The van der Waals surface area contributed by atoms with Crippen LogP contribution in [0, 0.1) is 0 Å². The average Bonchev–Trinajstić information content (AvgIpc) is 2.37. The van der Waals surface area contributed by atoms with Crippen LogP contribution in [0.4, 0.5) is 0 Å². The first kappa shape index (κ1) is 20.9. The lowest BCUT2D eigenvalue weighted by molar-refractivity contribution is -0.138. The Morgan fingerprint density at radius 1 is 0.944 bits per heavy atom. The molecule has 0 heterocycles. The van der Waals surface area contributed by atoms with Crippen LogP contribution in [-0.4, -0.2) is 46.4 Å². The van der Waals surface area contributed by atoms with Crippen LogP contribution >= 0.6 is 0 Å². The van der Waals surface area contributed by atoms with Crippen molar-refractivity contribution in [3.63, 3.8) is 0 Å². The number of carboxylic acid groups (broad SMARTS) is 2. The molecule has 0 aliphatic heterocycles. The van der Waals surface area contributed by atoms with Gasteiger partial charge in [-0.1, -0.05) is 19.7 Å². The van der Waals surface area contributed by atoms with Crippen molar-refractivity contribution >= 4 is 17.9 Å². The largest absolute Gasteiger partial charge is 0.478 e. The van der Waals surface area contributed by atoms with Gasteiger partial charge in [-0.05, 0) is 0 Å². The molecule has 7 nitrogen and oxygen atoms in total. The normalized spacial score (nSPS) is 7.17. The van der Waals surface area contributed by atoms with Gasteiger partial charge in [0.1, 0.15) is 6.61 Å². The highest BCUT2D eigenvalue weighted by Gasteiger charge is 1.90. The molecular weight excluding hydrogens is 244 g/mol. The summed E-state index contributed by atoms with van der Waals surface area (Å²) in [6.45, 7) is 8.99. The van der Waals surface area contributed by atoms with Crippen molar-refractivity contribution in [2.75, 3.05) is 13.2 Å². The first-order valence-corrected chi connectivity index (χ1v) is 4.46. The monoisotopic (exact) mass is 260 g/mol. The second kappa shape index (κ2) is 17.0. The topological polar surface area (TPSA) is 121 Å². The summed E-state index contributed by atoms with van der Waals surface area (Å²) in [4.78, 5) is 28.6. The number of esters is 1. The summed E-state index contributed by atoms with van der Waals surface area (Å²) in [5.74, 6) is -2.46. The van der Waals surface area contributed by atoms with Crippen LogP contribution < -0.4 is 0 Å². The minimum atomic E-state index is -0.981. The zero-order chi connectivity index (χ0) is 15.0. The van der Waals surface area contributed by atoms with Gasteiger partial charge in [0.15, 0.2) is 0 Å². The van der Waals surface area contributed by atoms with E-state index in [1.807, 2.05) is 0 Å². The number of hydrogen-bond acceptors (Lipinski definition) is 5. The Balaban J connectivity index is -0.000000197. The van der Waals surface area contributed by atoms with E-state index in [4.69, 9.17) is 15.3 Å². The van der Waals surface area contributed by atoms with Gasteiger partial charge in [0.2, 0.25) is 0 Å². The Labute approximate surface area is 104 Å². The Kier molecular flexibility index (Phi) is 19.8. The maximum Gasteiger partial charge on any atom is 0.330 e. The molecule has 0 bridgehead atoms. The summed E-state index contributed by atoms with van der Waals surface area (Å²) >= 11 is 0. The fourth-order valence-corrected chi connectivity index (χ4v) is 0.205. The van der Waals surface area contributed by atoms with Crippen LogP contribution in [0.5, 0.6) is 0 Å². The van der Waals surface area contributed by atoms with Crippen LogP contribution in [-0.2, 0) is 19.1 Å². The lowest BCUT2D eigenvalue weighted by Crippen LogP contribution is -2.04. The van der Waals surface area contributed by atoms with Gasteiger partial charge in [0, 0.05) is 18.2 Å². The Hall–Kier alpha value is -2.41. The predicted molar refractivity (Wildman–Crippen MR) is 63.9 cm³/mol. The third-order valence-corrected chi connectivity index (χ3v) is 0.852. The number of ether oxygens (including phenoxy) is 1. The molecule has 7 heteroatoms. The maximum atomic E-state index is 10.1. The summed E-state index contributed by atoms with van der Waals surface area (Å²) in [6.07, 6.45) is 2.72. The molecule has 0 saturated heterocycles. The minimum Gasteiger partial charge on any atom is -0.478 e. The molecule has 0 amide bonds. The first-order chi connectivity index (χ1) is 8.35. The molecule has 18 heavy (non-hydrogen) atoms. The molecule has 0 rings (SSSR count). The number of aliphatic carboxylic acids is 2. The highest BCUT2D eigenvalue weighted by molar-refractivity contribution is 5.81. The quantitative estimate of drug-likeness (QED) is 0.477. The second-order valence-electron chi connectivity index (χ2n) is 2.18. The van der Waals surface area contributed by atoms with Crippen LogP contribution in [0.25, 0.3) is 0 Å². The molecule has 0 aromatic carbocycles. The summed E-state index contributed by atoms with van der Waals surface area (Å²) in [5, 5.41) is 23.3. The van der Waals surface area contributed by atoms with E-state index in [1.165, 1.54) is 0 Å². The van der Waals surface area contributed by atoms with E-state index >= 15 is 0 Å². The van der Waals surface area contributed by atoms with E-state index in [-0.39, 0.29) is 13.2 Å². The number of carbonyl (C=O) groups is 3. The molecular formula is C11H16O7. The molecule has 102 valence electrons. The lowest BCUT2D eigenvalue weighted by Gasteiger charge is -1.94. The van der Waals surface area contributed by atoms with Gasteiger partial charge < -0.3 is 20.1 Å². The van der Waals surface area contributed by atoms with Crippen LogP contribution in [0.1, 0.15) is 0 Å². The number of carboxylic acids is 2. The molecule has 0 aliphatic carbocycles. The number of rotatable bonds is 5. The molecule has 0 unspecified atom stereocenters. The molecule has 0 saturated carbocycles. The Morgan fingerprint density at radius 2 is 1.28 bits per heavy atom. The summed E-state index contributed by atoms with van der Waals surface area (Å²) < 4.78 is 4.33. The van der Waals surface area contributed by atoms with Crippen molar-refractivity contribution in [1.82, 2.24) is 0 Å². The number of hydrogen-bond donors (Lipinski definition) is 3.